The Hall–Kier alpha value is -0.670. The van der Waals surface area contributed by atoms with Gasteiger partial charge in [0.05, 0.1) is 15.6 Å². The van der Waals surface area contributed by atoms with Crippen molar-refractivity contribution in [3.63, 3.8) is 0 Å². The molecule has 15 heavy (non-hydrogen) atoms. The van der Waals surface area contributed by atoms with Gasteiger partial charge in [0.15, 0.2) is 5.75 Å². The number of phenolic OH excluding ortho intramolecular Hbond substituents is 1. The van der Waals surface area contributed by atoms with Crippen molar-refractivity contribution in [3.8, 4) is 11.5 Å². The molecule has 1 atom stereocenters. The van der Waals surface area contributed by atoms with Crippen molar-refractivity contribution in [2.45, 2.75) is 0 Å². The average molecular weight is 267 g/mol. The summed E-state index contributed by atoms with van der Waals surface area (Å²) in [6, 6.07) is 1.25. The molecule has 0 aliphatic carbocycles. The summed E-state index contributed by atoms with van der Waals surface area (Å²) in [5.74, 6) is 0.695. The molecule has 1 aromatic rings. The molecule has 0 radical (unpaired) electrons. The van der Waals surface area contributed by atoms with Crippen molar-refractivity contribution in [2.75, 3.05) is 0 Å². The van der Waals surface area contributed by atoms with Crippen LogP contribution >= 0.6 is 30.8 Å². The number of fused-ring (bicyclic) bond motifs is 1. The molecular formula is C8H5Cl2O4P. The molecule has 0 fully saturated rings. The molecule has 2 rings (SSSR count). The van der Waals surface area contributed by atoms with Gasteiger partial charge in [-0.3, -0.25) is 0 Å². The highest BCUT2D eigenvalue weighted by Crippen LogP contribution is 2.54. The maximum Gasteiger partial charge on any atom is 0.401 e. The van der Waals surface area contributed by atoms with E-state index in [0.717, 1.165) is 5.82 Å². The molecule has 1 heterocycles. The van der Waals surface area contributed by atoms with Crippen LogP contribution in [-0.4, -0.2) is 10.00 Å². The number of hydrogen-bond donors (Lipinski definition) is 2. The quantitative estimate of drug-likeness (QED) is 0.708. The van der Waals surface area contributed by atoms with E-state index in [1.165, 1.54) is 12.1 Å². The predicted octanol–water partition coefficient (Wildman–Crippen LogP) is 3.25. The van der Waals surface area contributed by atoms with Gasteiger partial charge >= 0.3 is 7.60 Å². The second-order valence-corrected chi connectivity index (χ2v) is 5.33. The second-order valence-electron chi connectivity index (χ2n) is 2.90. The maximum atomic E-state index is 11.2. The number of benzene rings is 1. The lowest BCUT2D eigenvalue weighted by Crippen LogP contribution is -1.97. The van der Waals surface area contributed by atoms with E-state index in [4.69, 9.17) is 27.7 Å². The lowest BCUT2D eigenvalue weighted by atomic mass is 10.2. The average Bonchev–Trinajstić information content (AvgIpc) is 2.13. The Morgan fingerprint density at radius 2 is 2.00 bits per heavy atom. The van der Waals surface area contributed by atoms with Gasteiger partial charge in [-0.25, -0.2) is 4.57 Å². The summed E-state index contributed by atoms with van der Waals surface area (Å²) in [7, 11) is -3.80. The smallest absolute Gasteiger partial charge is 0.401 e. The highest BCUT2D eigenvalue weighted by atomic mass is 35.5. The second kappa shape index (κ2) is 3.42. The Labute approximate surface area is 95.2 Å². The van der Waals surface area contributed by atoms with Gasteiger partial charge in [-0.1, -0.05) is 23.2 Å². The number of phenols is 1. The Kier molecular flexibility index (Phi) is 2.47. The Bertz CT molecular complexity index is 512. The maximum absolute atomic E-state index is 11.2. The molecule has 0 saturated carbocycles. The van der Waals surface area contributed by atoms with Crippen LogP contribution in [0.15, 0.2) is 11.9 Å². The van der Waals surface area contributed by atoms with Crippen LogP contribution in [0.5, 0.6) is 11.5 Å². The van der Waals surface area contributed by atoms with Crippen LogP contribution in [0.4, 0.5) is 0 Å². The zero-order valence-electron chi connectivity index (χ0n) is 7.15. The molecule has 1 aliphatic rings. The molecule has 4 nitrogen and oxygen atoms in total. The van der Waals surface area contributed by atoms with Crippen LogP contribution in [-0.2, 0) is 4.57 Å². The third-order valence-corrected chi connectivity index (χ3v) is 3.39. The normalized spacial score (nSPS) is 23.4. The van der Waals surface area contributed by atoms with E-state index in [2.05, 4.69) is 0 Å². The molecular weight excluding hydrogens is 262 g/mol. The summed E-state index contributed by atoms with van der Waals surface area (Å²) < 4.78 is 16.0. The summed E-state index contributed by atoms with van der Waals surface area (Å²) in [5, 5.41) is 9.68. The van der Waals surface area contributed by atoms with Crippen LogP contribution in [0.3, 0.4) is 0 Å². The van der Waals surface area contributed by atoms with Gasteiger partial charge in [0.25, 0.3) is 0 Å². The van der Waals surface area contributed by atoms with Crippen LogP contribution in [0.1, 0.15) is 5.56 Å². The number of aromatic hydroxyl groups is 1. The SMILES string of the molecule is O=P1(O)C=Cc2c(O)c(Cl)cc(Cl)c2O1. The minimum atomic E-state index is -3.80. The van der Waals surface area contributed by atoms with Crippen molar-refractivity contribution in [1.82, 2.24) is 0 Å². The third kappa shape index (κ3) is 1.86. The molecule has 0 amide bonds. The molecule has 0 bridgehead atoms. The van der Waals surface area contributed by atoms with E-state index in [-0.39, 0.29) is 27.1 Å². The van der Waals surface area contributed by atoms with Crippen LogP contribution in [0.2, 0.25) is 10.0 Å². The lowest BCUT2D eigenvalue weighted by molar-refractivity contribution is 0.388. The Morgan fingerprint density at radius 1 is 1.33 bits per heavy atom. The highest BCUT2D eigenvalue weighted by Gasteiger charge is 2.27. The largest absolute Gasteiger partial charge is 0.506 e. The minimum absolute atomic E-state index is 0.0353. The Balaban J connectivity index is 2.71. The van der Waals surface area contributed by atoms with E-state index in [9.17, 15) is 14.6 Å². The van der Waals surface area contributed by atoms with Gasteiger partial charge in [-0.05, 0) is 12.1 Å². The first-order valence-electron chi connectivity index (χ1n) is 3.83. The summed E-state index contributed by atoms with van der Waals surface area (Å²) in [6.07, 6.45) is 1.26. The van der Waals surface area contributed by atoms with Crippen molar-refractivity contribution in [3.05, 3.63) is 27.5 Å². The number of halogens is 2. The van der Waals surface area contributed by atoms with Gasteiger partial charge in [0.2, 0.25) is 0 Å². The van der Waals surface area contributed by atoms with Gasteiger partial charge in [-0.15, -0.1) is 0 Å². The van der Waals surface area contributed by atoms with Gasteiger partial charge in [0, 0.05) is 5.82 Å². The van der Waals surface area contributed by atoms with E-state index >= 15 is 0 Å². The third-order valence-electron chi connectivity index (χ3n) is 1.85. The predicted molar refractivity (Wildman–Crippen MR) is 57.6 cm³/mol. The van der Waals surface area contributed by atoms with E-state index in [1.54, 1.807) is 0 Å². The molecule has 7 heteroatoms. The standard InChI is InChI=1S/C8H5Cl2O4P/c9-5-3-6(10)8-4(7(5)11)1-2-15(12,13)14-8/h1-3,11H,(H,12,13). The van der Waals surface area contributed by atoms with Crippen molar-refractivity contribution in [1.29, 1.82) is 0 Å². The Morgan fingerprint density at radius 3 is 2.67 bits per heavy atom. The molecule has 80 valence electrons. The van der Waals surface area contributed by atoms with Crippen molar-refractivity contribution < 1.29 is 19.1 Å². The molecule has 0 aromatic heterocycles. The molecule has 2 N–H and O–H groups in total. The molecule has 1 aliphatic heterocycles. The van der Waals surface area contributed by atoms with E-state index < -0.39 is 7.60 Å². The summed E-state index contributed by atoms with van der Waals surface area (Å²) in [6.45, 7) is 0. The summed E-state index contributed by atoms with van der Waals surface area (Å²) in [4.78, 5) is 9.18. The van der Waals surface area contributed by atoms with Gasteiger partial charge in [-0.2, -0.15) is 0 Å². The first-order chi connectivity index (χ1) is 6.91. The lowest BCUT2D eigenvalue weighted by Gasteiger charge is -2.19. The van der Waals surface area contributed by atoms with Crippen LogP contribution < -0.4 is 4.52 Å². The molecule has 0 spiro atoms. The van der Waals surface area contributed by atoms with Gasteiger partial charge < -0.3 is 14.5 Å². The van der Waals surface area contributed by atoms with Crippen molar-refractivity contribution in [2.24, 2.45) is 0 Å². The minimum Gasteiger partial charge on any atom is -0.506 e. The summed E-state index contributed by atoms with van der Waals surface area (Å²) >= 11 is 11.4. The first kappa shape index (κ1) is 10.8. The number of hydrogen-bond acceptors (Lipinski definition) is 3. The monoisotopic (exact) mass is 266 g/mol. The zero-order valence-corrected chi connectivity index (χ0v) is 9.55. The van der Waals surface area contributed by atoms with E-state index in [1.807, 2.05) is 0 Å². The molecule has 0 saturated heterocycles. The first-order valence-corrected chi connectivity index (χ1v) is 6.23. The fourth-order valence-corrected chi connectivity index (χ4v) is 2.61. The number of rotatable bonds is 0. The molecule has 1 aromatic carbocycles. The fourth-order valence-electron chi connectivity index (χ4n) is 1.19. The fraction of sp³-hybridized carbons (Fsp3) is 0. The highest BCUT2D eigenvalue weighted by molar-refractivity contribution is 7.57. The van der Waals surface area contributed by atoms with Crippen molar-refractivity contribution >= 4 is 36.9 Å². The van der Waals surface area contributed by atoms with Crippen LogP contribution in [0.25, 0.3) is 6.08 Å². The van der Waals surface area contributed by atoms with Crippen LogP contribution in [0, 0.1) is 0 Å². The van der Waals surface area contributed by atoms with E-state index in [0.29, 0.717) is 0 Å². The topological polar surface area (TPSA) is 66.8 Å². The summed E-state index contributed by atoms with van der Waals surface area (Å²) in [5.41, 5.74) is 0.202. The zero-order chi connectivity index (χ0) is 11.2. The molecule has 1 unspecified atom stereocenters. The van der Waals surface area contributed by atoms with Gasteiger partial charge in [0.1, 0.15) is 5.75 Å².